The van der Waals surface area contributed by atoms with Gasteiger partial charge in [0, 0.05) is 11.6 Å². The average Bonchev–Trinajstić information content (AvgIpc) is 2.61. The first-order chi connectivity index (χ1) is 13.0. The number of fused-ring (bicyclic) bond motifs is 1. The van der Waals surface area contributed by atoms with E-state index in [0.717, 1.165) is 0 Å². The Kier molecular flexibility index (Phi) is 5.19. The summed E-state index contributed by atoms with van der Waals surface area (Å²) in [5, 5.41) is 0.656. The predicted molar refractivity (Wildman–Crippen MR) is 102 cm³/mol. The van der Waals surface area contributed by atoms with Crippen LogP contribution in [0, 0.1) is 5.82 Å². The van der Waals surface area contributed by atoms with Crippen molar-refractivity contribution in [2.75, 3.05) is 0 Å². The monoisotopic (exact) mass is 390 g/mol. The molecule has 0 saturated carbocycles. The van der Waals surface area contributed by atoms with Crippen LogP contribution in [0.5, 0.6) is 0 Å². The SMILES string of the molecule is CC(C)(CC(N)(Cc1ccnc2ccccc12)C(F)(F)F)c1ccc(F)cc1. The van der Waals surface area contributed by atoms with E-state index in [1.807, 2.05) is 0 Å². The second kappa shape index (κ2) is 7.17. The molecule has 0 aliphatic carbocycles. The molecule has 0 fully saturated rings. The molecule has 3 rings (SSSR count). The topological polar surface area (TPSA) is 38.9 Å². The molecule has 2 N–H and O–H groups in total. The predicted octanol–water partition coefficient (Wildman–Crippen LogP) is 5.54. The molecule has 0 aliphatic rings. The van der Waals surface area contributed by atoms with Gasteiger partial charge in [-0.15, -0.1) is 0 Å². The van der Waals surface area contributed by atoms with Crippen LogP contribution in [0.15, 0.2) is 60.8 Å². The van der Waals surface area contributed by atoms with Crippen LogP contribution in [0.25, 0.3) is 10.9 Å². The van der Waals surface area contributed by atoms with Crippen molar-refractivity contribution in [2.45, 2.75) is 43.8 Å². The first-order valence-corrected chi connectivity index (χ1v) is 8.96. The lowest BCUT2D eigenvalue weighted by Crippen LogP contribution is -2.58. The number of nitrogens with two attached hydrogens (primary N) is 1. The third kappa shape index (κ3) is 4.02. The molecule has 148 valence electrons. The van der Waals surface area contributed by atoms with E-state index >= 15 is 0 Å². The molecule has 0 spiro atoms. The first kappa shape index (κ1) is 20.3. The largest absolute Gasteiger partial charge is 0.406 e. The van der Waals surface area contributed by atoms with E-state index in [2.05, 4.69) is 4.98 Å². The fraction of sp³-hybridized carbons (Fsp3) is 0.318. The summed E-state index contributed by atoms with van der Waals surface area (Å²) in [5.74, 6) is -0.433. The lowest BCUT2D eigenvalue weighted by molar-refractivity contribution is -0.191. The number of rotatable bonds is 5. The van der Waals surface area contributed by atoms with Gasteiger partial charge in [-0.2, -0.15) is 13.2 Å². The highest BCUT2D eigenvalue weighted by Gasteiger charge is 2.54. The van der Waals surface area contributed by atoms with Crippen molar-refractivity contribution in [3.8, 4) is 0 Å². The minimum atomic E-state index is -4.62. The van der Waals surface area contributed by atoms with Crippen molar-refractivity contribution in [3.05, 3.63) is 77.7 Å². The van der Waals surface area contributed by atoms with Gasteiger partial charge in [-0.3, -0.25) is 4.98 Å². The van der Waals surface area contributed by atoms with Gasteiger partial charge in [0.2, 0.25) is 0 Å². The number of alkyl halides is 3. The quantitative estimate of drug-likeness (QED) is 0.581. The molecule has 6 heteroatoms. The maximum Gasteiger partial charge on any atom is 0.406 e. The van der Waals surface area contributed by atoms with E-state index in [-0.39, 0.29) is 12.8 Å². The van der Waals surface area contributed by atoms with Gasteiger partial charge in [-0.25, -0.2) is 4.39 Å². The third-order valence-electron chi connectivity index (χ3n) is 5.19. The van der Waals surface area contributed by atoms with Gasteiger partial charge in [0.05, 0.1) is 5.52 Å². The van der Waals surface area contributed by atoms with Crippen molar-refractivity contribution < 1.29 is 17.6 Å². The Morgan fingerprint density at radius 2 is 1.57 bits per heavy atom. The van der Waals surface area contributed by atoms with Crippen LogP contribution in [-0.2, 0) is 11.8 Å². The average molecular weight is 390 g/mol. The zero-order valence-electron chi connectivity index (χ0n) is 15.7. The molecule has 0 radical (unpaired) electrons. The number of nitrogens with zero attached hydrogens (tertiary/aromatic N) is 1. The minimum Gasteiger partial charge on any atom is -0.317 e. The van der Waals surface area contributed by atoms with E-state index in [4.69, 9.17) is 5.73 Å². The van der Waals surface area contributed by atoms with Gasteiger partial charge in [-0.05, 0) is 53.6 Å². The van der Waals surface area contributed by atoms with Crippen molar-refractivity contribution in [2.24, 2.45) is 5.73 Å². The second-order valence-corrected chi connectivity index (χ2v) is 7.89. The zero-order chi connectivity index (χ0) is 20.6. The summed E-state index contributed by atoms with van der Waals surface area (Å²) >= 11 is 0. The van der Waals surface area contributed by atoms with E-state index in [0.29, 0.717) is 22.0 Å². The van der Waals surface area contributed by atoms with Crippen LogP contribution in [0.2, 0.25) is 0 Å². The Bertz CT molecular complexity index is 959. The summed E-state index contributed by atoms with van der Waals surface area (Å²) < 4.78 is 55.5. The number of hydrogen-bond donors (Lipinski definition) is 1. The molecule has 1 atom stereocenters. The van der Waals surface area contributed by atoms with Gasteiger partial charge in [0.15, 0.2) is 0 Å². The molecule has 2 aromatic carbocycles. The normalized spacial score (nSPS) is 14.8. The number of para-hydroxylation sites is 1. The van der Waals surface area contributed by atoms with Crippen LogP contribution >= 0.6 is 0 Å². The van der Waals surface area contributed by atoms with Crippen LogP contribution < -0.4 is 5.73 Å². The maximum atomic E-state index is 14.1. The summed E-state index contributed by atoms with van der Waals surface area (Å²) in [6, 6.07) is 14.2. The van der Waals surface area contributed by atoms with Crippen LogP contribution in [0.3, 0.4) is 0 Å². The minimum absolute atomic E-state index is 0.341. The summed E-state index contributed by atoms with van der Waals surface area (Å²) in [4.78, 5) is 4.21. The van der Waals surface area contributed by atoms with E-state index in [1.54, 1.807) is 44.2 Å². The number of benzene rings is 2. The number of hydrogen-bond acceptors (Lipinski definition) is 2. The standard InChI is InChI=1S/C22H22F4N2/c1-20(2,16-7-9-17(23)10-8-16)14-21(27,22(24,25)26)13-15-11-12-28-19-6-4-3-5-18(15)19/h3-12H,13-14,27H2,1-2H3. The molecule has 0 bridgehead atoms. The lowest BCUT2D eigenvalue weighted by atomic mass is 9.71. The molecule has 0 saturated heterocycles. The molecular formula is C22H22F4N2. The van der Waals surface area contributed by atoms with Gasteiger partial charge in [0.1, 0.15) is 11.4 Å². The molecule has 0 aliphatic heterocycles. The molecule has 3 aromatic rings. The molecule has 2 nitrogen and oxygen atoms in total. The van der Waals surface area contributed by atoms with Crippen molar-refractivity contribution in [1.82, 2.24) is 4.98 Å². The third-order valence-corrected chi connectivity index (χ3v) is 5.19. The van der Waals surface area contributed by atoms with Crippen molar-refractivity contribution in [1.29, 1.82) is 0 Å². The Hall–Kier alpha value is -2.47. The molecule has 1 aromatic heterocycles. The Morgan fingerprint density at radius 3 is 2.21 bits per heavy atom. The highest BCUT2D eigenvalue weighted by Crippen LogP contribution is 2.42. The maximum absolute atomic E-state index is 14.1. The summed E-state index contributed by atoms with van der Waals surface area (Å²) in [7, 11) is 0. The molecule has 28 heavy (non-hydrogen) atoms. The summed E-state index contributed by atoms with van der Waals surface area (Å²) in [5.41, 5.74) is 4.41. The van der Waals surface area contributed by atoms with Gasteiger partial charge in [-0.1, -0.05) is 44.2 Å². The van der Waals surface area contributed by atoms with Crippen LogP contribution in [0.4, 0.5) is 17.6 Å². The Morgan fingerprint density at radius 1 is 0.929 bits per heavy atom. The van der Waals surface area contributed by atoms with Crippen molar-refractivity contribution in [3.63, 3.8) is 0 Å². The first-order valence-electron chi connectivity index (χ1n) is 8.96. The molecular weight excluding hydrogens is 368 g/mol. The molecule has 1 unspecified atom stereocenters. The molecule has 1 heterocycles. The summed E-state index contributed by atoms with van der Waals surface area (Å²) in [6.07, 6.45) is -3.83. The number of aromatic nitrogens is 1. The highest BCUT2D eigenvalue weighted by atomic mass is 19.4. The highest BCUT2D eigenvalue weighted by molar-refractivity contribution is 5.82. The van der Waals surface area contributed by atoms with E-state index in [1.165, 1.54) is 30.5 Å². The van der Waals surface area contributed by atoms with E-state index in [9.17, 15) is 17.6 Å². The van der Waals surface area contributed by atoms with Crippen LogP contribution in [0.1, 0.15) is 31.4 Å². The van der Waals surface area contributed by atoms with Gasteiger partial charge in [0.25, 0.3) is 0 Å². The number of pyridine rings is 1. The summed E-state index contributed by atoms with van der Waals surface area (Å²) in [6.45, 7) is 3.39. The fourth-order valence-electron chi connectivity index (χ4n) is 3.70. The van der Waals surface area contributed by atoms with Gasteiger partial charge >= 0.3 is 6.18 Å². The Balaban J connectivity index is 2.00. The van der Waals surface area contributed by atoms with E-state index < -0.39 is 22.9 Å². The van der Waals surface area contributed by atoms with Crippen LogP contribution in [-0.4, -0.2) is 16.7 Å². The Labute approximate surface area is 161 Å². The smallest absolute Gasteiger partial charge is 0.317 e. The lowest BCUT2D eigenvalue weighted by Gasteiger charge is -2.39. The fourth-order valence-corrected chi connectivity index (χ4v) is 3.70. The second-order valence-electron chi connectivity index (χ2n) is 7.89. The molecule has 0 amide bonds. The van der Waals surface area contributed by atoms with Crippen molar-refractivity contribution >= 4 is 10.9 Å². The number of halogens is 4. The van der Waals surface area contributed by atoms with Gasteiger partial charge < -0.3 is 5.73 Å². The zero-order valence-corrected chi connectivity index (χ0v) is 15.7.